The first kappa shape index (κ1) is 16.7. The second-order valence-electron chi connectivity index (χ2n) is 5.13. The highest BCUT2D eigenvalue weighted by Gasteiger charge is 2.14. The summed E-state index contributed by atoms with van der Waals surface area (Å²) in [5.41, 5.74) is 1.07. The van der Waals surface area contributed by atoms with Gasteiger partial charge in [0, 0.05) is 0 Å². The number of sulfone groups is 1. The van der Waals surface area contributed by atoms with Crippen molar-refractivity contribution in [1.82, 2.24) is 0 Å². The van der Waals surface area contributed by atoms with Crippen LogP contribution in [0.1, 0.15) is 56.6 Å². The predicted octanol–water partition coefficient (Wildman–Crippen LogP) is 3.83. The predicted molar refractivity (Wildman–Crippen MR) is 82.0 cm³/mol. The average Bonchev–Trinajstić information content (AvgIpc) is 2.43. The number of unbranched alkanes of at least 4 members (excludes halogenated alkanes) is 5. The van der Waals surface area contributed by atoms with Gasteiger partial charge < -0.3 is 0 Å². The van der Waals surface area contributed by atoms with Gasteiger partial charge in [0.05, 0.1) is 23.1 Å². The Hall–Kier alpha value is -1.34. The molecule has 1 aromatic carbocycles. The van der Waals surface area contributed by atoms with Crippen LogP contribution in [-0.4, -0.2) is 14.2 Å². The Kier molecular flexibility index (Phi) is 7.32. The molecule has 0 amide bonds. The van der Waals surface area contributed by atoms with Gasteiger partial charge in [0.15, 0.2) is 9.84 Å². The third kappa shape index (κ3) is 6.21. The molecule has 0 saturated heterocycles. The molecule has 0 N–H and O–H groups in total. The summed E-state index contributed by atoms with van der Waals surface area (Å²) in [7, 11) is -3.11. The lowest BCUT2D eigenvalue weighted by Gasteiger charge is -2.06. The summed E-state index contributed by atoms with van der Waals surface area (Å²) in [5.74, 6) is 0.199. The van der Waals surface area contributed by atoms with Crippen LogP contribution in [0.25, 0.3) is 0 Å². The third-order valence-corrected chi connectivity index (χ3v) is 4.98. The molecule has 0 heterocycles. The second kappa shape index (κ2) is 8.76. The molecule has 1 aromatic rings. The number of hydrogen-bond acceptors (Lipinski definition) is 3. The van der Waals surface area contributed by atoms with Crippen molar-refractivity contribution in [3.8, 4) is 6.07 Å². The van der Waals surface area contributed by atoms with Gasteiger partial charge in [0.1, 0.15) is 0 Å². The molecule has 110 valence electrons. The quantitative estimate of drug-likeness (QED) is 0.650. The number of rotatable bonds is 9. The van der Waals surface area contributed by atoms with Crippen molar-refractivity contribution in [2.24, 2.45) is 0 Å². The van der Waals surface area contributed by atoms with Gasteiger partial charge >= 0.3 is 0 Å². The van der Waals surface area contributed by atoms with E-state index in [2.05, 4.69) is 6.92 Å². The van der Waals surface area contributed by atoms with E-state index in [0.29, 0.717) is 11.1 Å². The molecule has 3 nitrogen and oxygen atoms in total. The summed E-state index contributed by atoms with van der Waals surface area (Å²) in [6.07, 6.45) is 6.41. The molecule has 0 bridgehead atoms. The first-order valence-corrected chi connectivity index (χ1v) is 9.09. The van der Waals surface area contributed by atoms with Crippen LogP contribution in [0.5, 0.6) is 0 Å². The van der Waals surface area contributed by atoms with Gasteiger partial charge in [-0.2, -0.15) is 5.26 Å². The summed E-state index contributed by atoms with van der Waals surface area (Å²) < 4.78 is 24.1. The molecule has 20 heavy (non-hydrogen) atoms. The van der Waals surface area contributed by atoms with E-state index in [1.807, 2.05) is 6.07 Å². The third-order valence-electron chi connectivity index (χ3n) is 3.32. The summed E-state index contributed by atoms with van der Waals surface area (Å²) >= 11 is 0. The Morgan fingerprint density at radius 1 is 1.05 bits per heavy atom. The maximum absolute atomic E-state index is 12.0. The van der Waals surface area contributed by atoms with Crippen LogP contribution in [-0.2, 0) is 15.6 Å². The van der Waals surface area contributed by atoms with Crippen LogP contribution in [0.4, 0.5) is 0 Å². The molecule has 0 radical (unpaired) electrons. The number of hydrogen-bond donors (Lipinski definition) is 0. The smallest absolute Gasteiger partial charge is 0.154 e. The van der Waals surface area contributed by atoms with E-state index in [-0.39, 0.29) is 11.5 Å². The lowest BCUT2D eigenvalue weighted by atomic mass is 10.1. The minimum absolute atomic E-state index is 0.0221. The minimum atomic E-state index is -3.11. The first-order valence-electron chi connectivity index (χ1n) is 7.27. The molecule has 0 aliphatic heterocycles. The van der Waals surface area contributed by atoms with Gasteiger partial charge in [-0.15, -0.1) is 0 Å². The van der Waals surface area contributed by atoms with Crippen molar-refractivity contribution in [2.75, 3.05) is 5.75 Å². The van der Waals surface area contributed by atoms with Gasteiger partial charge in [0.25, 0.3) is 0 Å². The van der Waals surface area contributed by atoms with E-state index in [4.69, 9.17) is 5.26 Å². The van der Waals surface area contributed by atoms with Gasteiger partial charge in [0.2, 0.25) is 0 Å². The van der Waals surface area contributed by atoms with Crippen LogP contribution in [0, 0.1) is 11.3 Å². The highest BCUT2D eigenvalue weighted by molar-refractivity contribution is 7.90. The summed E-state index contributed by atoms with van der Waals surface area (Å²) in [5, 5.41) is 8.97. The normalized spacial score (nSPS) is 11.2. The number of nitriles is 1. The molecular weight excluding hydrogens is 270 g/mol. The van der Waals surface area contributed by atoms with Crippen molar-refractivity contribution in [1.29, 1.82) is 5.26 Å². The van der Waals surface area contributed by atoms with E-state index in [1.165, 1.54) is 19.3 Å². The zero-order valence-electron chi connectivity index (χ0n) is 12.1. The molecule has 0 atom stereocenters. The zero-order valence-corrected chi connectivity index (χ0v) is 13.0. The average molecular weight is 293 g/mol. The Balaban J connectivity index is 2.44. The SMILES string of the molecule is CCCCCCCCS(=O)(=O)Cc1ccccc1C#N. The number of benzene rings is 1. The van der Waals surface area contributed by atoms with E-state index >= 15 is 0 Å². The van der Waals surface area contributed by atoms with Crippen LogP contribution in [0.3, 0.4) is 0 Å². The maximum Gasteiger partial charge on any atom is 0.154 e. The fourth-order valence-electron chi connectivity index (χ4n) is 2.17. The van der Waals surface area contributed by atoms with Crippen molar-refractivity contribution >= 4 is 9.84 Å². The molecule has 0 spiro atoms. The molecule has 0 aliphatic carbocycles. The van der Waals surface area contributed by atoms with Crippen molar-refractivity contribution < 1.29 is 8.42 Å². The summed E-state index contributed by atoms with van der Waals surface area (Å²) in [6.45, 7) is 2.16. The lowest BCUT2D eigenvalue weighted by molar-refractivity contribution is 0.583. The Bertz CT molecular complexity index is 544. The van der Waals surface area contributed by atoms with Gasteiger partial charge in [-0.1, -0.05) is 57.2 Å². The van der Waals surface area contributed by atoms with Crippen LogP contribution < -0.4 is 0 Å². The first-order chi connectivity index (χ1) is 9.59. The molecule has 0 fully saturated rings. The summed E-state index contributed by atoms with van der Waals surface area (Å²) in [4.78, 5) is 0. The fourth-order valence-corrected chi connectivity index (χ4v) is 3.68. The molecule has 0 aromatic heterocycles. The van der Waals surface area contributed by atoms with E-state index < -0.39 is 9.84 Å². The highest BCUT2D eigenvalue weighted by Crippen LogP contribution is 2.14. The summed E-state index contributed by atoms with van der Waals surface area (Å²) in [6, 6.07) is 8.95. The zero-order chi connectivity index (χ0) is 14.8. The molecule has 0 aliphatic rings. The Labute approximate surface area is 122 Å². The minimum Gasteiger partial charge on any atom is -0.228 e. The Morgan fingerprint density at radius 3 is 2.40 bits per heavy atom. The van der Waals surface area contributed by atoms with Crippen LogP contribution >= 0.6 is 0 Å². The molecular formula is C16H23NO2S. The fraction of sp³-hybridized carbons (Fsp3) is 0.562. The van der Waals surface area contributed by atoms with E-state index in [1.54, 1.807) is 24.3 Å². The van der Waals surface area contributed by atoms with E-state index in [9.17, 15) is 8.42 Å². The van der Waals surface area contributed by atoms with Crippen molar-refractivity contribution in [2.45, 2.75) is 51.2 Å². The van der Waals surface area contributed by atoms with Crippen LogP contribution in [0.2, 0.25) is 0 Å². The van der Waals surface area contributed by atoms with Gasteiger partial charge in [-0.05, 0) is 18.1 Å². The second-order valence-corrected chi connectivity index (χ2v) is 7.31. The standard InChI is InChI=1S/C16H23NO2S/c1-2-3-4-5-6-9-12-20(18,19)14-16-11-8-7-10-15(16)13-17/h7-8,10-11H,2-6,9,12,14H2,1H3. The number of nitrogens with zero attached hydrogens (tertiary/aromatic N) is 1. The molecule has 1 rings (SSSR count). The maximum atomic E-state index is 12.0. The molecule has 4 heteroatoms. The van der Waals surface area contributed by atoms with Crippen molar-refractivity contribution in [3.05, 3.63) is 35.4 Å². The largest absolute Gasteiger partial charge is 0.228 e. The Morgan fingerprint density at radius 2 is 1.70 bits per heavy atom. The monoisotopic (exact) mass is 293 g/mol. The van der Waals surface area contributed by atoms with Gasteiger partial charge in [-0.3, -0.25) is 0 Å². The molecule has 0 unspecified atom stereocenters. The van der Waals surface area contributed by atoms with Crippen LogP contribution in [0.15, 0.2) is 24.3 Å². The molecule has 0 saturated carbocycles. The van der Waals surface area contributed by atoms with Crippen molar-refractivity contribution in [3.63, 3.8) is 0 Å². The van der Waals surface area contributed by atoms with Gasteiger partial charge in [-0.25, -0.2) is 8.42 Å². The highest BCUT2D eigenvalue weighted by atomic mass is 32.2. The topological polar surface area (TPSA) is 57.9 Å². The van der Waals surface area contributed by atoms with E-state index in [0.717, 1.165) is 19.3 Å². The lowest BCUT2D eigenvalue weighted by Crippen LogP contribution is -2.10.